The summed E-state index contributed by atoms with van der Waals surface area (Å²) in [7, 11) is 0. The molecule has 0 saturated carbocycles. The molecule has 0 aliphatic rings. The standard InChI is InChI=1S/C17H23Cl2NO/c1-5-17(3,4)20(16(21)11-6-13(2)18)12-14-7-9-15(19)10-8-14/h6-11,13H,5,12H2,1-4H3/b11-6+. The van der Waals surface area contributed by atoms with Gasteiger partial charge in [-0.05, 0) is 44.9 Å². The van der Waals surface area contributed by atoms with Crippen molar-refractivity contribution in [2.75, 3.05) is 0 Å². The number of carbonyl (C=O) groups excluding carboxylic acids is 1. The van der Waals surface area contributed by atoms with Crippen molar-refractivity contribution in [3.63, 3.8) is 0 Å². The van der Waals surface area contributed by atoms with E-state index in [0.717, 1.165) is 12.0 Å². The first-order valence-electron chi connectivity index (χ1n) is 7.14. The molecule has 0 saturated heterocycles. The maximum Gasteiger partial charge on any atom is 0.247 e. The molecule has 4 heteroatoms. The van der Waals surface area contributed by atoms with E-state index in [1.807, 2.05) is 36.1 Å². The fourth-order valence-corrected chi connectivity index (χ4v) is 2.06. The molecule has 0 aliphatic heterocycles. The Hall–Kier alpha value is -0.990. The molecule has 0 N–H and O–H groups in total. The van der Waals surface area contributed by atoms with Gasteiger partial charge in [0.05, 0.1) is 0 Å². The fraction of sp³-hybridized carbons (Fsp3) is 0.471. The number of halogens is 2. The molecular formula is C17H23Cl2NO. The Labute approximate surface area is 137 Å². The number of alkyl halides is 1. The quantitative estimate of drug-likeness (QED) is 0.529. The molecule has 0 aromatic heterocycles. The smallest absolute Gasteiger partial charge is 0.247 e. The van der Waals surface area contributed by atoms with Crippen LogP contribution in [0.4, 0.5) is 0 Å². The van der Waals surface area contributed by atoms with E-state index < -0.39 is 0 Å². The van der Waals surface area contributed by atoms with E-state index in [-0.39, 0.29) is 16.8 Å². The van der Waals surface area contributed by atoms with E-state index in [9.17, 15) is 4.79 Å². The van der Waals surface area contributed by atoms with Gasteiger partial charge in [0.15, 0.2) is 0 Å². The average Bonchev–Trinajstić information content (AvgIpc) is 2.43. The van der Waals surface area contributed by atoms with Crippen molar-refractivity contribution in [3.05, 3.63) is 47.0 Å². The lowest BCUT2D eigenvalue weighted by Gasteiger charge is -2.37. The molecule has 1 unspecified atom stereocenters. The SMILES string of the molecule is CCC(C)(C)N(Cc1ccc(Cl)cc1)C(=O)/C=C/C(C)Cl. The highest BCUT2D eigenvalue weighted by atomic mass is 35.5. The van der Waals surface area contributed by atoms with Gasteiger partial charge in [-0.3, -0.25) is 4.79 Å². The normalized spacial score (nSPS) is 13.4. The summed E-state index contributed by atoms with van der Waals surface area (Å²) in [5, 5.41) is 0.540. The van der Waals surface area contributed by atoms with Crippen LogP contribution in [0, 0.1) is 0 Å². The zero-order valence-electron chi connectivity index (χ0n) is 13.1. The second kappa shape index (κ2) is 7.86. The van der Waals surface area contributed by atoms with Gasteiger partial charge in [0.1, 0.15) is 0 Å². The van der Waals surface area contributed by atoms with E-state index in [1.165, 1.54) is 0 Å². The van der Waals surface area contributed by atoms with E-state index in [2.05, 4.69) is 20.8 Å². The molecule has 1 aromatic rings. The second-order valence-corrected chi connectivity index (χ2v) is 6.88. The summed E-state index contributed by atoms with van der Waals surface area (Å²) >= 11 is 11.8. The molecule has 116 valence electrons. The summed E-state index contributed by atoms with van der Waals surface area (Å²) in [6.45, 7) is 8.60. The largest absolute Gasteiger partial charge is 0.330 e. The molecule has 2 nitrogen and oxygen atoms in total. The number of rotatable bonds is 6. The molecule has 0 spiro atoms. The van der Waals surface area contributed by atoms with Crippen LogP contribution in [0.25, 0.3) is 0 Å². The Morgan fingerprint density at radius 1 is 1.33 bits per heavy atom. The van der Waals surface area contributed by atoms with Crippen LogP contribution in [0.15, 0.2) is 36.4 Å². The van der Waals surface area contributed by atoms with Gasteiger partial charge < -0.3 is 4.90 Å². The minimum atomic E-state index is -0.226. The highest BCUT2D eigenvalue weighted by Gasteiger charge is 2.28. The van der Waals surface area contributed by atoms with Crippen LogP contribution in [0.3, 0.4) is 0 Å². The van der Waals surface area contributed by atoms with Gasteiger partial charge in [0, 0.05) is 28.6 Å². The Morgan fingerprint density at radius 3 is 2.38 bits per heavy atom. The van der Waals surface area contributed by atoms with Gasteiger partial charge in [-0.2, -0.15) is 0 Å². The third-order valence-corrected chi connectivity index (χ3v) is 4.02. The number of nitrogens with zero attached hydrogens (tertiary/aromatic N) is 1. The number of amides is 1. The van der Waals surface area contributed by atoms with Gasteiger partial charge in [-0.15, -0.1) is 11.6 Å². The Kier molecular flexibility index (Phi) is 6.76. The number of carbonyl (C=O) groups is 1. The Balaban J connectivity index is 2.97. The molecule has 1 amide bonds. The van der Waals surface area contributed by atoms with Gasteiger partial charge in [0.2, 0.25) is 5.91 Å². The zero-order valence-corrected chi connectivity index (χ0v) is 14.6. The van der Waals surface area contributed by atoms with Crippen molar-refractivity contribution in [1.29, 1.82) is 0 Å². The molecule has 1 rings (SSSR count). The molecule has 1 aromatic carbocycles. The summed E-state index contributed by atoms with van der Waals surface area (Å²) in [5.74, 6) is -0.0238. The van der Waals surface area contributed by atoms with Crippen molar-refractivity contribution in [2.45, 2.75) is 51.6 Å². The number of allylic oxidation sites excluding steroid dienone is 1. The summed E-state index contributed by atoms with van der Waals surface area (Å²) in [4.78, 5) is 14.3. The number of benzene rings is 1. The predicted octanol–water partition coefficient (Wildman–Crippen LogP) is 5.04. The van der Waals surface area contributed by atoms with E-state index in [4.69, 9.17) is 23.2 Å². The molecule has 1 atom stereocenters. The molecule has 0 aliphatic carbocycles. The third kappa shape index (κ3) is 5.72. The summed E-state index contributed by atoms with van der Waals surface area (Å²) in [6, 6.07) is 7.58. The molecule has 21 heavy (non-hydrogen) atoms. The van der Waals surface area contributed by atoms with Crippen molar-refractivity contribution < 1.29 is 4.79 Å². The van der Waals surface area contributed by atoms with Crippen molar-refractivity contribution in [2.24, 2.45) is 0 Å². The Morgan fingerprint density at radius 2 is 1.90 bits per heavy atom. The minimum absolute atomic E-state index is 0.0238. The highest BCUT2D eigenvalue weighted by molar-refractivity contribution is 6.30. The van der Waals surface area contributed by atoms with Crippen LogP contribution < -0.4 is 0 Å². The molecule has 0 bridgehead atoms. The van der Waals surface area contributed by atoms with Crippen LogP contribution in [0.1, 0.15) is 39.7 Å². The minimum Gasteiger partial charge on any atom is -0.330 e. The fourth-order valence-electron chi connectivity index (χ4n) is 1.86. The summed E-state index contributed by atoms with van der Waals surface area (Å²) < 4.78 is 0. The molecule has 0 fully saturated rings. The van der Waals surface area contributed by atoms with Gasteiger partial charge in [0.25, 0.3) is 0 Å². The average molecular weight is 328 g/mol. The van der Waals surface area contributed by atoms with Gasteiger partial charge in [-0.25, -0.2) is 0 Å². The van der Waals surface area contributed by atoms with Crippen molar-refractivity contribution in [1.82, 2.24) is 4.90 Å². The predicted molar refractivity (Wildman–Crippen MR) is 90.8 cm³/mol. The maximum atomic E-state index is 12.5. The lowest BCUT2D eigenvalue weighted by Crippen LogP contribution is -2.46. The summed E-state index contributed by atoms with van der Waals surface area (Å²) in [6.07, 6.45) is 4.14. The van der Waals surface area contributed by atoms with E-state index >= 15 is 0 Å². The van der Waals surface area contributed by atoms with Crippen LogP contribution in [0.5, 0.6) is 0 Å². The topological polar surface area (TPSA) is 20.3 Å². The molecular weight excluding hydrogens is 305 g/mol. The first-order valence-corrected chi connectivity index (χ1v) is 7.96. The molecule has 0 heterocycles. The third-order valence-electron chi connectivity index (χ3n) is 3.62. The maximum absolute atomic E-state index is 12.5. The van der Waals surface area contributed by atoms with Crippen LogP contribution in [-0.2, 0) is 11.3 Å². The van der Waals surface area contributed by atoms with Crippen LogP contribution in [-0.4, -0.2) is 21.7 Å². The number of hydrogen-bond donors (Lipinski definition) is 0. The monoisotopic (exact) mass is 327 g/mol. The van der Waals surface area contributed by atoms with E-state index in [0.29, 0.717) is 11.6 Å². The highest BCUT2D eigenvalue weighted by Crippen LogP contribution is 2.23. The van der Waals surface area contributed by atoms with Crippen LogP contribution in [0.2, 0.25) is 5.02 Å². The first-order chi connectivity index (χ1) is 9.76. The second-order valence-electron chi connectivity index (χ2n) is 5.75. The van der Waals surface area contributed by atoms with Gasteiger partial charge in [-0.1, -0.05) is 36.7 Å². The van der Waals surface area contributed by atoms with Crippen molar-refractivity contribution >= 4 is 29.1 Å². The Bertz CT molecular complexity index is 492. The zero-order chi connectivity index (χ0) is 16.0. The van der Waals surface area contributed by atoms with Crippen molar-refractivity contribution in [3.8, 4) is 0 Å². The van der Waals surface area contributed by atoms with E-state index in [1.54, 1.807) is 12.2 Å². The summed E-state index contributed by atoms with van der Waals surface area (Å²) in [5.41, 5.74) is 0.831. The first kappa shape index (κ1) is 18.1. The van der Waals surface area contributed by atoms with Gasteiger partial charge >= 0.3 is 0 Å². The number of hydrogen-bond acceptors (Lipinski definition) is 1. The lowest BCUT2D eigenvalue weighted by atomic mass is 9.98. The van der Waals surface area contributed by atoms with Crippen LogP contribution >= 0.6 is 23.2 Å². The molecule has 0 radical (unpaired) electrons. The lowest BCUT2D eigenvalue weighted by molar-refractivity contribution is -0.132.